The Hall–Kier alpha value is -2.86. The number of urea groups is 1. The van der Waals surface area contributed by atoms with Crippen molar-refractivity contribution in [2.75, 3.05) is 19.6 Å². The van der Waals surface area contributed by atoms with Gasteiger partial charge in [0.1, 0.15) is 0 Å². The second-order valence-electron chi connectivity index (χ2n) is 10.5. The van der Waals surface area contributed by atoms with Gasteiger partial charge in [0.15, 0.2) is 0 Å². The molecule has 3 amide bonds. The Balaban J connectivity index is 1.47. The zero-order valence-electron chi connectivity index (χ0n) is 20.4. The fourth-order valence-corrected chi connectivity index (χ4v) is 5.58. The lowest BCUT2D eigenvalue weighted by atomic mass is 9.74. The van der Waals surface area contributed by atoms with E-state index in [1.807, 2.05) is 33.8 Å². The van der Waals surface area contributed by atoms with Crippen LogP contribution >= 0.6 is 0 Å². The van der Waals surface area contributed by atoms with Gasteiger partial charge in [0.2, 0.25) is 5.91 Å². The van der Waals surface area contributed by atoms with Gasteiger partial charge in [-0.05, 0) is 100 Å². The normalized spacial score (nSPS) is 24.4. The Morgan fingerprint density at radius 1 is 1.03 bits per heavy atom. The molecule has 5 rings (SSSR count). The van der Waals surface area contributed by atoms with E-state index in [2.05, 4.69) is 46.7 Å². The minimum Gasteiger partial charge on any atom is -0.366 e. The maximum Gasteiger partial charge on any atom is 0.315 e. The molecule has 3 fully saturated rings. The Kier molecular flexibility index (Phi) is 5.99. The highest BCUT2D eigenvalue weighted by Crippen LogP contribution is 2.35. The first-order chi connectivity index (χ1) is 15.5. The van der Waals surface area contributed by atoms with Gasteiger partial charge in [0, 0.05) is 12.1 Å². The highest BCUT2D eigenvalue weighted by atomic mass is 16.2. The van der Waals surface area contributed by atoms with Crippen LogP contribution in [0.5, 0.6) is 0 Å². The Morgan fingerprint density at radius 2 is 1.67 bits per heavy atom. The van der Waals surface area contributed by atoms with Gasteiger partial charge in [-0.25, -0.2) is 4.79 Å². The molecule has 6 nitrogen and oxygen atoms in total. The van der Waals surface area contributed by atoms with Crippen LogP contribution in [0.4, 0.5) is 4.79 Å². The molecule has 2 aromatic rings. The van der Waals surface area contributed by atoms with E-state index in [-0.39, 0.29) is 11.6 Å². The lowest BCUT2D eigenvalue weighted by Gasteiger charge is -2.52. The number of nitrogens with zero attached hydrogens (tertiary/aromatic N) is 1. The molecule has 0 spiro atoms. The quantitative estimate of drug-likeness (QED) is 0.644. The number of nitrogens with two attached hydrogens (primary N) is 1. The molecule has 4 N–H and O–H groups in total. The van der Waals surface area contributed by atoms with Crippen LogP contribution < -0.4 is 16.4 Å². The fraction of sp³-hybridized carbons (Fsp3) is 0.481. The van der Waals surface area contributed by atoms with Gasteiger partial charge < -0.3 is 21.3 Å². The summed E-state index contributed by atoms with van der Waals surface area (Å²) in [5, 5.41) is 6.47. The summed E-state index contributed by atoms with van der Waals surface area (Å²) in [7, 11) is 0. The van der Waals surface area contributed by atoms with E-state index >= 15 is 0 Å². The number of piperidine rings is 3. The number of hydrogen-bond acceptors (Lipinski definition) is 3. The van der Waals surface area contributed by atoms with Gasteiger partial charge in [0.25, 0.3) is 0 Å². The summed E-state index contributed by atoms with van der Waals surface area (Å²) in [4.78, 5) is 27.0. The lowest BCUT2D eigenvalue weighted by molar-refractivity contribution is 0.0224. The zero-order chi connectivity index (χ0) is 24.0. The highest BCUT2D eigenvalue weighted by molar-refractivity contribution is 5.95. The maximum atomic E-state index is 13.0. The van der Waals surface area contributed by atoms with Crippen LogP contribution in [0.2, 0.25) is 0 Å². The average molecular weight is 449 g/mol. The number of primary amides is 1. The summed E-state index contributed by atoms with van der Waals surface area (Å²) < 4.78 is 0. The molecule has 2 aromatic carbocycles. The van der Waals surface area contributed by atoms with Crippen LogP contribution in [0, 0.1) is 19.8 Å². The lowest BCUT2D eigenvalue weighted by Crippen LogP contribution is -2.67. The molecule has 0 aliphatic carbocycles. The number of hydrogen-bond donors (Lipinski definition) is 3. The molecule has 0 saturated carbocycles. The van der Waals surface area contributed by atoms with Gasteiger partial charge in [-0.15, -0.1) is 0 Å². The van der Waals surface area contributed by atoms with E-state index in [4.69, 9.17) is 5.73 Å². The molecule has 0 aromatic heterocycles. The van der Waals surface area contributed by atoms with E-state index in [0.717, 1.165) is 60.3 Å². The number of rotatable bonds is 5. The van der Waals surface area contributed by atoms with E-state index < -0.39 is 11.4 Å². The predicted molar refractivity (Wildman–Crippen MR) is 132 cm³/mol. The third-order valence-corrected chi connectivity index (χ3v) is 7.84. The van der Waals surface area contributed by atoms with Crippen molar-refractivity contribution in [3.8, 4) is 11.1 Å². The van der Waals surface area contributed by atoms with Crippen molar-refractivity contribution in [2.24, 2.45) is 11.7 Å². The van der Waals surface area contributed by atoms with Crippen molar-refractivity contribution in [1.29, 1.82) is 0 Å². The van der Waals surface area contributed by atoms with Crippen LogP contribution in [0.15, 0.2) is 36.4 Å². The monoisotopic (exact) mass is 448 g/mol. The molecule has 0 radical (unpaired) electrons. The van der Waals surface area contributed by atoms with Gasteiger partial charge in [-0.1, -0.05) is 30.3 Å². The van der Waals surface area contributed by atoms with Crippen molar-refractivity contribution in [3.05, 3.63) is 58.7 Å². The van der Waals surface area contributed by atoms with Crippen molar-refractivity contribution in [3.63, 3.8) is 0 Å². The molecule has 3 aliphatic heterocycles. The smallest absolute Gasteiger partial charge is 0.315 e. The van der Waals surface area contributed by atoms with E-state index in [1.165, 1.54) is 0 Å². The first kappa shape index (κ1) is 23.3. The Labute approximate surface area is 196 Å². The van der Waals surface area contributed by atoms with Crippen LogP contribution in [0.25, 0.3) is 11.1 Å². The molecule has 3 heterocycles. The Bertz CT molecular complexity index is 1070. The van der Waals surface area contributed by atoms with Crippen LogP contribution in [0.3, 0.4) is 0 Å². The fourth-order valence-electron chi connectivity index (χ4n) is 5.58. The summed E-state index contributed by atoms with van der Waals surface area (Å²) in [6.07, 6.45) is 2.31. The zero-order valence-corrected chi connectivity index (χ0v) is 20.4. The number of nitrogens with one attached hydrogen (secondary N) is 2. The highest BCUT2D eigenvalue weighted by Gasteiger charge is 2.44. The minimum absolute atomic E-state index is 0.117. The molecule has 1 unspecified atom stereocenters. The Morgan fingerprint density at radius 3 is 2.21 bits per heavy atom. The van der Waals surface area contributed by atoms with Crippen LogP contribution in [0.1, 0.15) is 60.7 Å². The molecular weight excluding hydrogens is 412 g/mol. The number of carbonyl (C=O) groups is 2. The van der Waals surface area contributed by atoms with Crippen molar-refractivity contribution < 1.29 is 9.59 Å². The first-order valence-electron chi connectivity index (χ1n) is 11.8. The van der Waals surface area contributed by atoms with Crippen molar-refractivity contribution in [1.82, 2.24) is 15.5 Å². The van der Waals surface area contributed by atoms with Gasteiger partial charge in [0.05, 0.1) is 11.1 Å². The van der Waals surface area contributed by atoms with E-state index in [1.54, 1.807) is 6.07 Å². The number of amides is 3. The van der Waals surface area contributed by atoms with Crippen LogP contribution in [-0.4, -0.2) is 42.0 Å². The second kappa shape index (κ2) is 8.49. The topological polar surface area (TPSA) is 87.5 Å². The summed E-state index contributed by atoms with van der Waals surface area (Å²) in [5.41, 5.74) is 10.5. The number of carbonyl (C=O) groups excluding carboxylic acids is 2. The molecule has 6 heteroatoms. The second-order valence-corrected chi connectivity index (χ2v) is 10.5. The number of fused-ring (bicyclic) bond motifs is 3. The standard InChI is InChI=1S/C27H36N4O2/c1-17-18(2)23(24(28)32)11-10-22(17)19-6-8-20(9-7-19)26(3,4)29-25(33)30-27(5)16-31-14-12-21(27)13-15-31/h6-11,21H,12-16H2,1-5H3,(H2,28,32)(H2,29,30,33). The SMILES string of the molecule is Cc1c(C(N)=O)ccc(-c2ccc(C(C)(C)NC(=O)NC3(C)CN4CCC3CC4)cc2)c1C. The number of benzene rings is 2. The van der Waals surface area contributed by atoms with E-state index in [9.17, 15) is 9.59 Å². The molecule has 3 saturated heterocycles. The average Bonchev–Trinajstić information content (AvgIpc) is 2.75. The molecular formula is C27H36N4O2. The molecule has 33 heavy (non-hydrogen) atoms. The molecule has 1 atom stereocenters. The summed E-state index contributed by atoms with van der Waals surface area (Å²) in [6, 6.07) is 11.9. The van der Waals surface area contributed by atoms with Crippen molar-refractivity contribution >= 4 is 11.9 Å². The minimum atomic E-state index is -0.520. The summed E-state index contributed by atoms with van der Waals surface area (Å²) >= 11 is 0. The van der Waals surface area contributed by atoms with Gasteiger partial charge in [-0.3, -0.25) is 4.79 Å². The summed E-state index contributed by atoms with van der Waals surface area (Å²) in [5.74, 6) is 0.138. The van der Waals surface area contributed by atoms with E-state index in [0.29, 0.717) is 11.5 Å². The third kappa shape index (κ3) is 4.49. The first-order valence-corrected chi connectivity index (χ1v) is 11.8. The largest absolute Gasteiger partial charge is 0.366 e. The van der Waals surface area contributed by atoms with Gasteiger partial charge in [-0.2, -0.15) is 0 Å². The molecule has 2 bridgehead atoms. The molecule has 3 aliphatic rings. The van der Waals surface area contributed by atoms with Gasteiger partial charge >= 0.3 is 6.03 Å². The summed E-state index contributed by atoms with van der Waals surface area (Å²) in [6.45, 7) is 13.4. The molecule has 176 valence electrons. The van der Waals surface area contributed by atoms with Crippen LogP contribution in [-0.2, 0) is 5.54 Å². The van der Waals surface area contributed by atoms with Crippen molar-refractivity contribution in [2.45, 2.75) is 58.5 Å². The maximum absolute atomic E-state index is 13.0. The third-order valence-electron chi connectivity index (χ3n) is 7.84. The predicted octanol–water partition coefficient (Wildman–Crippen LogP) is 4.09.